The molecule has 0 spiro atoms. The first-order valence-electron chi connectivity index (χ1n) is 10.3. The predicted octanol–water partition coefficient (Wildman–Crippen LogP) is 3.76. The van der Waals surface area contributed by atoms with Crippen LogP contribution in [0.4, 0.5) is 0 Å². The molecular formula is C24H19N3NaO7S. The van der Waals surface area contributed by atoms with E-state index in [0.717, 1.165) is 11.1 Å². The Labute approximate surface area is 228 Å². The molecule has 0 aliphatic rings. The van der Waals surface area contributed by atoms with Crippen molar-refractivity contribution in [1.29, 1.82) is 0 Å². The van der Waals surface area contributed by atoms with Crippen molar-refractivity contribution in [3.05, 3.63) is 106 Å². The van der Waals surface area contributed by atoms with Crippen LogP contribution in [0.15, 0.2) is 88.3 Å². The van der Waals surface area contributed by atoms with Gasteiger partial charge in [0.2, 0.25) is 0 Å². The van der Waals surface area contributed by atoms with Crippen LogP contribution in [0.2, 0.25) is 0 Å². The molecule has 0 saturated carbocycles. The summed E-state index contributed by atoms with van der Waals surface area (Å²) in [4.78, 5) is 26.9. The van der Waals surface area contributed by atoms with E-state index in [2.05, 4.69) is 9.99 Å². The van der Waals surface area contributed by atoms with Gasteiger partial charge in [-0.3, -0.25) is 4.79 Å². The Morgan fingerprint density at radius 1 is 1.00 bits per heavy atom. The third-order valence-electron chi connectivity index (χ3n) is 5.14. The number of rotatable bonds is 8. The van der Waals surface area contributed by atoms with Crippen molar-refractivity contribution in [2.75, 3.05) is 0 Å². The second-order valence-electron chi connectivity index (χ2n) is 7.48. The summed E-state index contributed by atoms with van der Waals surface area (Å²) in [5.41, 5.74) is 3.47. The Morgan fingerprint density at radius 2 is 1.64 bits per heavy atom. The van der Waals surface area contributed by atoms with Crippen LogP contribution >= 0.6 is 0 Å². The SMILES string of the molecule is Cc1onc(-c2ccccc2)c1-c1ccc(S(=O)(=O)NC(=O)c2ccc(CO[N+](=O)[O-])cc2)cc1.[Na]. The maximum Gasteiger partial charge on any atom is 0.294 e. The maximum absolute atomic E-state index is 12.8. The van der Waals surface area contributed by atoms with Crippen LogP contribution in [0, 0.1) is 17.0 Å². The molecule has 0 saturated heterocycles. The molecule has 4 rings (SSSR count). The Morgan fingerprint density at radius 3 is 2.25 bits per heavy atom. The van der Waals surface area contributed by atoms with Crippen LogP contribution in [0.25, 0.3) is 22.4 Å². The van der Waals surface area contributed by atoms with Gasteiger partial charge in [-0.1, -0.05) is 59.8 Å². The average Bonchev–Trinajstić information content (AvgIpc) is 3.24. The average molecular weight is 516 g/mol. The summed E-state index contributed by atoms with van der Waals surface area (Å²) in [6, 6.07) is 21.1. The van der Waals surface area contributed by atoms with E-state index in [9.17, 15) is 23.3 Å². The minimum absolute atomic E-state index is 0. The zero-order valence-corrected chi connectivity index (χ0v) is 22.2. The second-order valence-corrected chi connectivity index (χ2v) is 9.16. The van der Waals surface area contributed by atoms with Gasteiger partial charge in [0.25, 0.3) is 21.0 Å². The van der Waals surface area contributed by atoms with Gasteiger partial charge in [0, 0.05) is 40.7 Å². The summed E-state index contributed by atoms with van der Waals surface area (Å²) >= 11 is 0. The van der Waals surface area contributed by atoms with Crippen LogP contribution in [0.5, 0.6) is 0 Å². The van der Waals surface area contributed by atoms with Gasteiger partial charge in [0.05, 0.1) is 10.5 Å². The number of nitrogens with zero attached hydrogens (tertiary/aromatic N) is 2. The van der Waals surface area contributed by atoms with Gasteiger partial charge in [-0.2, -0.15) is 0 Å². The second kappa shape index (κ2) is 11.5. The fraction of sp³-hybridized carbons (Fsp3) is 0.0833. The molecule has 0 bridgehead atoms. The van der Waals surface area contributed by atoms with E-state index in [1.807, 2.05) is 35.1 Å². The van der Waals surface area contributed by atoms with E-state index in [-0.39, 0.29) is 46.6 Å². The molecule has 10 nitrogen and oxygen atoms in total. The molecule has 4 aromatic rings. The molecular weight excluding hydrogens is 497 g/mol. The number of sulfonamides is 1. The van der Waals surface area contributed by atoms with Gasteiger partial charge in [-0.15, -0.1) is 10.1 Å². The van der Waals surface area contributed by atoms with E-state index in [0.29, 0.717) is 22.6 Å². The van der Waals surface area contributed by atoms with E-state index in [4.69, 9.17) is 4.52 Å². The molecule has 1 heterocycles. The fourth-order valence-electron chi connectivity index (χ4n) is 3.43. The molecule has 1 aromatic heterocycles. The Kier molecular flexibility index (Phi) is 8.64. The van der Waals surface area contributed by atoms with E-state index in [1.54, 1.807) is 19.1 Å². The molecule has 0 unspecified atom stereocenters. The summed E-state index contributed by atoms with van der Waals surface area (Å²) in [5.74, 6) is -0.253. The Balaban J connectivity index is 0.00000361. The van der Waals surface area contributed by atoms with Crippen molar-refractivity contribution in [1.82, 2.24) is 9.88 Å². The number of hydrogen-bond donors (Lipinski definition) is 1. The van der Waals surface area contributed by atoms with Crippen molar-refractivity contribution >= 4 is 45.5 Å². The van der Waals surface area contributed by atoms with E-state index < -0.39 is 21.0 Å². The number of carbonyl (C=O) groups excluding carboxylic acids is 1. The smallest absolute Gasteiger partial charge is 0.294 e. The minimum atomic E-state index is -4.15. The maximum atomic E-state index is 12.8. The van der Waals surface area contributed by atoms with Crippen molar-refractivity contribution < 1.29 is 27.7 Å². The zero-order chi connectivity index (χ0) is 25.0. The standard InChI is InChI=1S/C24H19N3O7S.Na/c1-16-22(23(25-34-16)19-5-3-2-4-6-19)18-11-13-21(14-12-18)35(31,32)26-24(28)20-9-7-17(8-10-20)15-33-27(29)30;/h2-14H,15H2,1H3,(H,26,28);. The number of hydrogen-bond acceptors (Lipinski definition) is 8. The summed E-state index contributed by atoms with van der Waals surface area (Å²) in [6.07, 6.45) is 0. The molecule has 0 aliphatic heterocycles. The predicted molar refractivity (Wildman–Crippen MR) is 131 cm³/mol. The molecule has 36 heavy (non-hydrogen) atoms. The van der Waals surface area contributed by atoms with Crippen LogP contribution in [0.1, 0.15) is 21.7 Å². The summed E-state index contributed by atoms with van der Waals surface area (Å²) in [6.45, 7) is 1.49. The molecule has 3 aromatic carbocycles. The Hall–Kier alpha value is -3.51. The number of nitrogens with one attached hydrogen (secondary N) is 1. The first-order chi connectivity index (χ1) is 16.7. The number of aryl methyl sites for hydroxylation is 1. The third kappa shape index (κ3) is 6.18. The molecule has 12 heteroatoms. The van der Waals surface area contributed by atoms with Gasteiger partial charge in [0.1, 0.15) is 18.1 Å². The molecule has 1 amide bonds. The number of aromatic nitrogens is 1. The number of amides is 1. The number of carbonyl (C=O) groups is 1. The largest absolute Gasteiger partial charge is 0.360 e. The van der Waals surface area contributed by atoms with Crippen molar-refractivity contribution in [3.8, 4) is 22.4 Å². The molecule has 0 aliphatic carbocycles. The van der Waals surface area contributed by atoms with E-state index >= 15 is 0 Å². The normalized spacial score (nSPS) is 10.8. The fourth-order valence-corrected chi connectivity index (χ4v) is 4.40. The van der Waals surface area contributed by atoms with Gasteiger partial charge in [0.15, 0.2) is 0 Å². The first kappa shape index (κ1) is 27.1. The van der Waals surface area contributed by atoms with Crippen LogP contribution < -0.4 is 4.72 Å². The van der Waals surface area contributed by atoms with Crippen LogP contribution in [0.3, 0.4) is 0 Å². The monoisotopic (exact) mass is 516 g/mol. The van der Waals surface area contributed by atoms with Gasteiger partial charge in [-0.25, -0.2) is 13.1 Å². The van der Waals surface area contributed by atoms with Crippen LogP contribution in [-0.4, -0.2) is 54.1 Å². The minimum Gasteiger partial charge on any atom is -0.360 e. The quantitative estimate of drug-likeness (QED) is 0.212. The summed E-state index contributed by atoms with van der Waals surface area (Å²) < 4.78 is 32.9. The molecule has 1 N–H and O–H groups in total. The Bertz CT molecular complexity index is 1470. The molecule has 1 radical (unpaired) electrons. The van der Waals surface area contributed by atoms with E-state index in [1.165, 1.54) is 36.4 Å². The topological polar surface area (TPSA) is 142 Å². The molecule has 179 valence electrons. The zero-order valence-electron chi connectivity index (χ0n) is 19.4. The van der Waals surface area contributed by atoms with Gasteiger partial charge >= 0.3 is 0 Å². The third-order valence-corrected chi connectivity index (χ3v) is 6.49. The molecule has 0 fully saturated rings. The first-order valence-corrected chi connectivity index (χ1v) is 11.8. The summed E-state index contributed by atoms with van der Waals surface area (Å²) in [7, 11) is -4.15. The van der Waals surface area contributed by atoms with Crippen molar-refractivity contribution in [3.63, 3.8) is 0 Å². The number of benzene rings is 3. The van der Waals surface area contributed by atoms with Gasteiger partial charge in [-0.05, 0) is 42.3 Å². The van der Waals surface area contributed by atoms with Crippen LogP contribution in [-0.2, 0) is 21.5 Å². The van der Waals surface area contributed by atoms with Crippen molar-refractivity contribution in [2.24, 2.45) is 0 Å². The van der Waals surface area contributed by atoms with Crippen molar-refractivity contribution in [2.45, 2.75) is 18.4 Å². The molecule has 0 atom stereocenters. The summed E-state index contributed by atoms with van der Waals surface area (Å²) in [5, 5.41) is 13.5. The van der Waals surface area contributed by atoms with Gasteiger partial charge < -0.3 is 9.36 Å².